The van der Waals surface area contributed by atoms with Gasteiger partial charge in [-0.05, 0) is 54.7 Å². The fourth-order valence-electron chi connectivity index (χ4n) is 3.51. The first-order valence-corrected chi connectivity index (χ1v) is 10.1. The van der Waals surface area contributed by atoms with Gasteiger partial charge in [0.2, 0.25) is 0 Å². The Morgan fingerprint density at radius 2 is 1.52 bits per heavy atom. The molecule has 0 atom stereocenters. The first-order valence-electron chi connectivity index (χ1n) is 10.1. The third kappa shape index (κ3) is 5.08. The predicted octanol–water partition coefficient (Wildman–Crippen LogP) is 4.76. The van der Waals surface area contributed by atoms with E-state index in [-0.39, 0.29) is 11.9 Å². The van der Waals surface area contributed by atoms with E-state index < -0.39 is 0 Å². The summed E-state index contributed by atoms with van der Waals surface area (Å²) in [6.45, 7) is 5.84. The highest BCUT2D eigenvalue weighted by Crippen LogP contribution is 2.26. The zero-order valence-electron chi connectivity index (χ0n) is 17.7. The highest BCUT2D eigenvalue weighted by Gasteiger charge is 2.23. The van der Waals surface area contributed by atoms with Crippen molar-refractivity contribution in [3.8, 4) is 0 Å². The lowest BCUT2D eigenvalue weighted by Crippen LogP contribution is -2.29. The lowest BCUT2D eigenvalue weighted by atomic mass is 10.0. The molecule has 0 aromatic heterocycles. The fourth-order valence-corrected chi connectivity index (χ4v) is 3.51. The molecule has 29 heavy (non-hydrogen) atoms. The summed E-state index contributed by atoms with van der Waals surface area (Å²) >= 11 is 0. The quantitative estimate of drug-likeness (QED) is 0.769. The molecular weight excluding hydrogens is 364 g/mol. The van der Waals surface area contributed by atoms with Crippen LogP contribution in [0.3, 0.4) is 0 Å². The number of rotatable bonds is 5. The Hall–Kier alpha value is -3.02. The number of nitrogens with zero attached hydrogens (tertiary/aromatic N) is 2. The maximum atomic E-state index is 13.0. The van der Waals surface area contributed by atoms with Gasteiger partial charge in [0.1, 0.15) is 0 Å². The molecule has 1 fully saturated rings. The van der Waals surface area contributed by atoms with E-state index in [1.165, 1.54) is 5.56 Å². The number of hydrogen-bond donors (Lipinski definition) is 2. The van der Waals surface area contributed by atoms with Crippen molar-refractivity contribution >= 4 is 29.0 Å². The van der Waals surface area contributed by atoms with Gasteiger partial charge in [-0.2, -0.15) is 0 Å². The van der Waals surface area contributed by atoms with Gasteiger partial charge in [-0.25, -0.2) is 4.79 Å². The summed E-state index contributed by atoms with van der Waals surface area (Å²) in [6, 6.07) is 12.9. The molecule has 0 spiro atoms. The first kappa shape index (κ1) is 20.7. The Labute approximate surface area is 172 Å². The minimum atomic E-state index is -0.334. The van der Waals surface area contributed by atoms with Gasteiger partial charge in [0.25, 0.3) is 5.91 Å². The second-order valence-electron chi connectivity index (χ2n) is 7.98. The van der Waals surface area contributed by atoms with Gasteiger partial charge in [0, 0.05) is 44.2 Å². The fraction of sp³-hybridized carbons (Fsp3) is 0.391. The third-order valence-electron chi connectivity index (χ3n) is 5.20. The zero-order valence-corrected chi connectivity index (χ0v) is 17.7. The van der Waals surface area contributed by atoms with E-state index >= 15 is 0 Å². The largest absolute Gasteiger partial charge is 0.377 e. The lowest BCUT2D eigenvalue weighted by molar-refractivity contribution is 0.0793. The Morgan fingerprint density at radius 3 is 2.10 bits per heavy atom. The molecule has 1 aliphatic rings. The van der Waals surface area contributed by atoms with Gasteiger partial charge in [-0.1, -0.05) is 26.0 Å². The van der Waals surface area contributed by atoms with Crippen molar-refractivity contribution in [2.24, 2.45) is 0 Å². The summed E-state index contributed by atoms with van der Waals surface area (Å²) in [5.41, 5.74) is 3.99. The Bertz CT molecular complexity index is 869. The normalized spacial score (nSPS) is 13.5. The molecule has 0 radical (unpaired) electrons. The lowest BCUT2D eigenvalue weighted by Gasteiger charge is -2.22. The number of hydrogen-bond acceptors (Lipinski definition) is 3. The van der Waals surface area contributed by atoms with Gasteiger partial charge >= 0.3 is 6.03 Å². The van der Waals surface area contributed by atoms with Crippen molar-refractivity contribution < 1.29 is 9.59 Å². The molecule has 6 nitrogen and oxygen atoms in total. The van der Waals surface area contributed by atoms with E-state index in [0.717, 1.165) is 37.3 Å². The average molecular weight is 395 g/mol. The van der Waals surface area contributed by atoms with Crippen molar-refractivity contribution in [3.05, 3.63) is 53.6 Å². The second kappa shape index (κ2) is 8.99. The minimum absolute atomic E-state index is 0.0135. The minimum Gasteiger partial charge on any atom is -0.377 e. The number of urea groups is 1. The van der Waals surface area contributed by atoms with E-state index in [9.17, 15) is 9.59 Å². The molecule has 1 heterocycles. The maximum Gasteiger partial charge on any atom is 0.323 e. The number of nitrogens with one attached hydrogen (secondary N) is 2. The van der Waals surface area contributed by atoms with Crippen LogP contribution >= 0.6 is 0 Å². The Kier molecular flexibility index (Phi) is 6.42. The monoisotopic (exact) mass is 394 g/mol. The van der Waals surface area contributed by atoms with Crippen LogP contribution in [0.2, 0.25) is 0 Å². The first-order chi connectivity index (χ1) is 13.8. The number of amides is 3. The molecule has 0 aliphatic carbocycles. The van der Waals surface area contributed by atoms with Gasteiger partial charge in [0.15, 0.2) is 0 Å². The van der Waals surface area contributed by atoms with E-state index in [0.29, 0.717) is 17.2 Å². The zero-order chi connectivity index (χ0) is 21.0. The van der Waals surface area contributed by atoms with Gasteiger partial charge < -0.3 is 20.4 Å². The van der Waals surface area contributed by atoms with E-state index in [2.05, 4.69) is 24.5 Å². The maximum absolute atomic E-state index is 13.0. The molecule has 1 aliphatic heterocycles. The van der Waals surface area contributed by atoms with Crippen LogP contribution in [0.5, 0.6) is 0 Å². The Balaban J connectivity index is 1.73. The van der Waals surface area contributed by atoms with Crippen molar-refractivity contribution in [1.29, 1.82) is 0 Å². The number of anilines is 3. The van der Waals surface area contributed by atoms with E-state index in [1.54, 1.807) is 6.07 Å². The molecule has 2 aromatic carbocycles. The number of likely N-dealkylation sites (tertiary alicyclic amines) is 1. The van der Waals surface area contributed by atoms with Crippen molar-refractivity contribution in [3.63, 3.8) is 0 Å². The molecule has 0 unspecified atom stereocenters. The molecule has 154 valence electrons. The van der Waals surface area contributed by atoms with Crippen molar-refractivity contribution in [1.82, 2.24) is 4.90 Å². The molecule has 3 rings (SSSR count). The third-order valence-corrected chi connectivity index (χ3v) is 5.20. The molecular formula is C23H30N4O2. The van der Waals surface area contributed by atoms with Crippen LogP contribution < -0.4 is 15.5 Å². The van der Waals surface area contributed by atoms with Gasteiger partial charge in [-0.3, -0.25) is 4.79 Å². The highest BCUT2D eigenvalue weighted by molar-refractivity contribution is 6.04. The smallest absolute Gasteiger partial charge is 0.323 e. The van der Waals surface area contributed by atoms with Crippen LogP contribution in [-0.4, -0.2) is 44.0 Å². The number of benzene rings is 2. The van der Waals surface area contributed by atoms with Gasteiger partial charge in [-0.15, -0.1) is 0 Å². The van der Waals surface area contributed by atoms with E-state index in [4.69, 9.17) is 0 Å². The number of carbonyl (C=O) groups is 2. The van der Waals surface area contributed by atoms with Crippen LogP contribution in [0.25, 0.3) is 0 Å². The molecule has 3 amide bonds. The van der Waals surface area contributed by atoms with Crippen LogP contribution in [0.4, 0.5) is 21.9 Å². The molecule has 2 aromatic rings. The SMILES string of the molecule is CC(C)c1ccc(NC(=O)Nc2ccc(N(C)C)c(C(=O)N3CCCC3)c2)cc1. The molecule has 0 saturated carbocycles. The van der Waals surface area contributed by atoms with Gasteiger partial charge in [0.05, 0.1) is 5.56 Å². The topological polar surface area (TPSA) is 64.7 Å². The molecule has 6 heteroatoms. The Morgan fingerprint density at radius 1 is 0.931 bits per heavy atom. The molecule has 0 bridgehead atoms. The molecule has 1 saturated heterocycles. The predicted molar refractivity (Wildman–Crippen MR) is 119 cm³/mol. The van der Waals surface area contributed by atoms with Crippen molar-refractivity contribution in [2.45, 2.75) is 32.6 Å². The van der Waals surface area contributed by atoms with E-state index in [1.807, 2.05) is 60.3 Å². The van der Waals surface area contributed by atoms with Crippen LogP contribution in [-0.2, 0) is 0 Å². The second-order valence-corrected chi connectivity index (χ2v) is 7.98. The summed E-state index contributed by atoms with van der Waals surface area (Å²) in [5, 5.41) is 5.68. The standard InChI is InChI=1S/C23H30N4O2/c1-16(2)17-7-9-18(10-8-17)24-23(29)25-19-11-12-21(26(3)4)20(15-19)22(28)27-13-5-6-14-27/h7-12,15-16H,5-6,13-14H2,1-4H3,(H2,24,25,29). The summed E-state index contributed by atoms with van der Waals surface area (Å²) in [6.07, 6.45) is 2.08. The van der Waals surface area contributed by atoms with Crippen LogP contribution in [0.15, 0.2) is 42.5 Å². The van der Waals surface area contributed by atoms with Crippen LogP contribution in [0.1, 0.15) is 48.5 Å². The van der Waals surface area contributed by atoms with Crippen molar-refractivity contribution in [2.75, 3.05) is 42.7 Å². The number of carbonyl (C=O) groups excluding carboxylic acids is 2. The summed E-state index contributed by atoms with van der Waals surface area (Å²) < 4.78 is 0. The van der Waals surface area contributed by atoms with Crippen LogP contribution in [0, 0.1) is 0 Å². The average Bonchev–Trinajstić information content (AvgIpc) is 3.22. The summed E-state index contributed by atoms with van der Waals surface area (Å²) in [7, 11) is 3.83. The summed E-state index contributed by atoms with van der Waals surface area (Å²) in [5.74, 6) is 0.458. The highest BCUT2D eigenvalue weighted by atomic mass is 16.2. The molecule has 2 N–H and O–H groups in total. The summed E-state index contributed by atoms with van der Waals surface area (Å²) in [4.78, 5) is 29.2.